The van der Waals surface area contributed by atoms with Crippen molar-refractivity contribution < 1.29 is 23.1 Å². The normalized spacial score (nSPS) is 15.2. The summed E-state index contributed by atoms with van der Waals surface area (Å²) in [5.74, 6) is -2.11. The van der Waals surface area contributed by atoms with Crippen molar-refractivity contribution in [1.82, 2.24) is 4.98 Å². The van der Waals surface area contributed by atoms with Gasteiger partial charge in [-0.2, -0.15) is 0 Å². The Balaban J connectivity index is 1.36. The van der Waals surface area contributed by atoms with Gasteiger partial charge in [0.1, 0.15) is 5.75 Å². The monoisotopic (exact) mass is 415 g/mol. The lowest BCUT2D eigenvalue weighted by Gasteiger charge is -2.25. The molecule has 9 heteroatoms. The van der Waals surface area contributed by atoms with E-state index < -0.39 is 29.6 Å². The van der Waals surface area contributed by atoms with Crippen molar-refractivity contribution in [2.45, 2.75) is 18.9 Å². The molecule has 0 saturated heterocycles. The summed E-state index contributed by atoms with van der Waals surface area (Å²) in [4.78, 5) is 29.3. The Labute approximate surface area is 168 Å². The number of thiazole rings is 1. The summed E-state index contributed by atoms with van der Waals surface area (Å²) in [6, 6.07) is 10.7. The maximum Gasteiger partial charge on any atom is 0.266 e. The summed E-state index contributed by atoms with van der Waals surface area (Å²) >= 11 is 1.22. The zero-order valence-corrected chi connectivity index (χ0v) is 15.8. The summed E-state index contributed by atoms with van der Waals surface area (Å²) < 4.78 is 31.9. The number of para-hydroxylation sites is 2. The van der Waals surface area contributed by atoms with Crippen LogP contribution in [0.1, 0.15) is 16.9 Å². The van der Waals surface area contributed by atoms with E-state index in [4.69, 9.17) is 4.74 Å². The second kappa shape index (κ2) is 7.96. The number of hydrogen-bond donors (Lipinski definition) is 2. The van der Waals surface area contributed by atoms with Crippen LogP contribution < -0.4 is 15.4 Å². The minimum absolute atomic E-state index is 0.168. The number of anilines is 2. The first-order chi connectivity index (χ1) is 14.0. The van der Waals surface area contributed by atoms with Crippen LogP contribution in [0.3, 0.4) is 0 Å². The van der Waals surface area contributed by atoms with Gasteiger partial charge in [-0.25, -0.2) is 13.8 Å². The third-order valence-corrected chi connectivity index (χ3v) is 5.15. The molecule has 0 spiro atoms. The van der Waals surface area contributed by atoms with Gasteiger partial charge in [0.2, 0.25) is 5.91 Å². The number of carbonyl (C=O) groups excluding carboxylic acids is 2. The van der Waals surface area contributed by atoms with Crippen LogP contribution >= 0.6 is 11.3 Å². The van der Waals surface area contributed by atoms with Gasteiger partial charge in [0, 0.05) is 17.5 Å². The van der Waals surface area contributed by atoms with Gasteiger partial charge in [0.15, 0.2) is 22.9 Å². The first-order valence-electron chi connectivity index (χ1n) is 8.73. The molecule has 2 N–H and O–H groups in total. The molecular weight excluding hydrogens is 400 g/mol. The van der Waals surface area contributed by atoms with Crippen LogP contribution in [0.4, 0.5) is 19.6 Å². The molecule has 0 aliphatic carbocycles. The van der Waals surface area contributed by atoms with Crippen LogP contribution in [0.15, 0.2) is 48.7 Å². The number of ether oxygens (including phenoxy) is 1. The van der Waals surface area contributed by atoms with Crippen molar-refractivity contribution in [3.63, 3.8) is 0 Å². The molecule has 0 unspecified atom stereocenters. The molecule has 1 aliphatic rings. The Morgan fingerprint density at radius 1 is 1.21 bits per heavy atom. The molecular formula is C20H15F2N3O3S. The molecule has 29 heavy (non-hydrogen) atoms. The van der Waals surface area contributed by atoms with Gasteiger partial charge >= 0.3 is 0 Å². The molecule has 1 aliphatic heterocycles. The third kappa shape index (κ3) is 4.40. The molecule has 1 aromatic heterocycles. The third-order valence-electron chi connectivity index (χ3n) is 4.24. The van der Waals surface area contributed by atoms with Crippen molar-refractivity contribution in [3.8, 4) is 5.75 Å². The van der Waals surface area contributed by atoms with Crippen molar-refractivity contribution in [2.24, 2.45) is 0 Å². The van der Waals surface area contributed by atoms with Crippen LogP contribution in [0.25, 0.3) is 0 Å². The highest BCUT2D eigenvalue weighted by atomic mass is 32.1. The van der Waals surface area contributed by atoms with E-state index in [0.717, 1.165) is 17.0 Å². The molecule has 0 saturated carbocycles. The fraction of sp³-hybridized carbons (Fsp3) is 0.150. The number of nitrogens with one attached hydrogen (secondary N) is 2. The SMILES string of the molecule is O=C(C[C@H]1Oc2ccccc2NC1=O)Nc1ncc(Cc2ccc(F)c(F)c2)s1. The van der Waals surface area contributed by atoms with Crippen LogP contribution in [-0.2, 0) is 16.0 Å². The van der Waals surface area contributed by atoms with Crippen molar-refractivity contribution in [1.29, 1.82) is 0 Å². The van der Waals surface area contributed by atoms with Gasteiger partial charge < -0.3 is 15.4 Å². The molecule has 0 radical (unpaired) electrons. The van der Waals surface area contributed by atoms with E-state index in [0.29, 0.717) is 28.6 Å². The van der Waals surface area contributed by atoms with Gasteiger partial charge in [-0.05, 0) is 29.8 Å². The molecule has 148 valence electrons. The summed E-state index contributed by atoms with van der Waals surface area (Å²) in [6.07, 6.45) is 0.807. The summed E-state index contributed by atoms with van der Waals surface area (Å²) in [6.45, 7) is 0. The first-order valence-corrected chi connectivity index (χ1v) is 9.54. The minimum atomic E-state index is -0.938. The average Bonchev–Trinajstić information content (AvgIpc) is 3.12. The molecule has 1 atom stereocenters. The number of carbonyl (C=O) groups is 2. The summed E-state index contributed by atoms with van der Waals surface area (Å²) in [5.41, 5.74) is 1.16. The van der Waals surface area contributed by atoms with Crippen molar-refractivity contribution in [3.05, 3.63) is 70.7 Å². The van der Waals surface area contributed by atoms with Gasteiger partial charge in [0.25, 0.3) is 5.91 Å². The first kappa shape index (κ1) is 19.0. The van der Waals surface area contributed by atoms with Crippen LogP contribution in [0, 0.1) is 11.6 Å². The molecule has 3 aromatic rings. The second-order valence-corrected chi connectivity index (χ2v) is 7.52. The van der Waals surface area contributed by atoms with E-state index in [1.54, 1.807) is 30.5 Å². The maximum absolute atomic E-state index is 13.3. The fourth-order valence-corrected chi connectivity index (χ4v) is 3.73. The van der Waals surface area contributed by atoms with E-state index in [-0.39, 0.29) is 6.42 Å². The van der Waals surface area contributed by atoms with E-state index in [1.807, 2.05) is 0 Å². The van der Waals surface area contributed by atoms with E-state index in [2.05, 4.69) is 15.6 Å². The molecule has 0 fully saturated rings. The number of nitrogens with zero attached hydrogens (tertiary/aromatic N) is 1. The Bertz CT molecular complexity index is 1090. The quantitative estimate of drug-likeness (QED) is 0.665. The Hall–Kier alpha value is -3.33. The number of fused-ring (bicyclic) bond motifs is 1. The standard InChI is InChI=1S/C20H15F2N3O3S/c21-13-6-5-11(8-14(13)22)7-12-10-23-20(29-12)25-18(26)9-17-19(27)24-15-3-1-2-4-16(15)28-17/h1-6,8,10,17H,7,9H2,(H,24,27)(H,23,25,26)/t17-/m1/s1. The number of rotatable bonds is 5. The smallest absolute Gasteiger partial charge is 0.266 e. The van der Waals surface area contributed by atoms with E-state index >= 15 is 0 Å². The van der Waals surface area contributed by atoms with Gasteiger partial charge in [-0.1, -0.05) is 18.2 Å². The van der Waals surface area contributed by atoms with Crippen LogP contribution in [-0.4, -0.2) is 22.9 Å². The van der Waals surface area contributed by atoms with Crippen molar-refractivity contribution in [2.75, 3.05) is 10.6 Å². The van der Waals surface area contributed by atoms with E-state index in [9.17, 15) is 18.4 Å². The van der Waals surface area contributed by atoms with Gasteiger partial charge in [-0.3, -0.25) is 9.59 Å². The lowest BCUT2D eigenvalue weighted by Crippen LogP contribution is -2.39. The lowest BCUT2D eigenvalue weighted by atomic mass is 10.1. The predicted molar refractivity (Wildman–Crippen MR) is 104 cm³/mol. The fourth-order valence-electron chi connectivity index (χ4n) is 2.86. The minimum Gasteiger partial charge on any atom is -0.478 e. The zero-order valence-electron chi connectivity index (χ0n) is 14.9. The average molecular weight is 415 g/mol. The molecule has 4 rings (SSSR count). The largest absolute Gasteiger partial charge is 0.478 e. The second-order valence-electron chi connectivity index (χ2n) is 6.40. The lowest BCUT2D eigenvalue weighted by molar-refractivity contribution is -0.128. The van der Waals surface area contributed by atoms with Crippen LogP contribution in [0.2, 0.25) is 0 Å². The van der Waals surface area contributed by atoms with Crippen LogP contribution in [0.5, 0.6) is 5.75 Å². The van der Waals surface area contributed by atoms with Gasteiger partial charge in [0.05, 0.1) is 12.1 Å². The van der Waals surface area contributed by atoms with Gasteiger partial charge in [-0.15, -0.1) is 11.3 Å². The van der Waals surface area contributed by atoms with Crippen molar-refractivity contribution >= 4 is 34.0 Å². The maximum atomic E-state index is 13.3. The Morgan fingerprint density at radius 3 is 2.86 bits per heavy atom. The summed E-state index contributed by atoms with van der Waals surface area (Å²) in [5, 5.41) is 5.69. The Morgan fingerprint density at radius 2 is 2.03 bits per heavy atom. The number of amides is 2. The zero-order chi connectivity index (χ0) is 20.4. The number of halogens is 2. The molecule has 0 bridgehead atoms. The Kier molecular flexibility index (Phi) is 5.22. The molecule has 2 amide bonds. The molecule has 6 nitrogen and oxygen atoms in total. The highest BCUT2D eigenvalue weighted by Gasteiger charge is 2.29. The number of aromatic nitrogens is 1. The number of hydrogen-bond acceptors (Lipinski definition) is 5. The molecule has 2 heterocycles. The topological polar surface area (TPSA) is 80.3 Å². The predicted octanol–water partition coefficient (Wildman–Crippen LogP) is 3.74. The highest BCUT2D eigenvalue weighted by molar-refractivity contribution is 7.15. The van der Waals surface area contributed by atoms with E-state index in [1.165, 1.54) is 17.4 Å². The highest BCUT2D eigenvalue weighted by Crippen LogP contribution is 2.30. The summed E-state index contributed by atoms with van der Waals surface area (Å²) in [7, 11) is 0. The number of benzene rings is 2. The molecule has 2 aromatic carbocycles.